The van der Waals surface area contributed by atoms with Gasteiger partial charge in [-0.15, -0.1) is 0 Å². The third-order valence-corrected chi connectivity index (χ3v) is 3.00. The van der Waals surface area contributed by atoms with E-state index >= 15 is 0 Å². The van der Waals surface area contributed by atoms with Crippen LogP contribution in [0, 0.1) is 13.8 Å². The molecule has 0 aromatic heterocycles. The molecule has 2 N–H and O–H groups in total. The monoisotopic (exact) mass is 276 g/mol. The van der Waals surface area contributed by atoms with Crippen molar-refractivity contribution in [2.75, 3.05) is 13.1 Å². The van der Waals surface area contributed by atoms with Crippen LogP contribution < -0.4 is 10.6 Å². The molecule has 0 aliphatic rings. The minimum absolute atomic E-state index is 0.0257. The average molecular weight is 276 g/mol. The summed E-state index contributed by atoms with van der Waals surface area (Å²) in [5, 5.41) is 5.44. The van der Waals surface area contributed by atoms with E-state index in [1.165, 1.54) is 0 Å². The number of hydrogen-bond acceptors (Lipinski definition) is 2. The Balaban J connectivity index is 2.37. The molecule has 0 radical (unpaired) electrons. The standard InChI is InChI=1S/C16H24N2O2/c1-4-5-6-7-17-15(19)11-18-16(20)14-9-12(2)8-13(3)10-14/h8-10H,4-7,11H2,1-3H3,(H,17,19)(H,18,20). The minimum atomic E-state index is -0.208. The molecule has 0 spiro atoms. The van der Waals surface area contributed by atoms with Gasteiger partial charge in [0.1, 0.15) is 0 Å². The second-order valence-corrected chi connectivity index (χ2v) is 5.12. The number of hydrogen-bond donors (Lipinski definition) is 2. The average Bonchev–Trinajstić information content (AvgIpc) is 2.40. The molecule has 1 aromatic carbocycles. The number of benzene rings is 1. The van der Waals surface area contributed by atoms with E-state index in [-0.39, 0.29) is 18.4 Å². The van der Waals surface area contributed by atoms with E-state index in [0.717, 1.165) is 30.4 Å². The highest BCUT2D eigenvalue weighted by atomic mass is 16.2. The van der Waals surface area contributed by atoms with E-state index in [0.29, 0.717) is 12.1 Å². The first-order chi connectivity index (χ1) is 9.52. The molecule has 2 amide bonds. The van der Waals surface area contributed by atoms with Gasteiger partial charge in [-0.05, 0) is 32.4 Å². The van der Waals surface area contributed by atoms with Crippen LogP contribution in [0.5, 0.6) is 0 Å². The summed E-state index contributed by atoms with van der Waals surface area (Å²) >= 11 is 0. The van der Waals surface area contributed by atoms with Crippen LogP contribution in [0.2, 0.25) is 0 Å². The predicted octanol–water partition coefficient (Wildman–Crippen LogP) is 2.34. The van der Waals surface area contributed by atoms with Gasteiger partial charge in [-0.25, -0.2) is 0 Å². The lowest BCUT2D eigenvalue weighted by Gasteiger charge is -2.08. The van der Waals surface area contributed by atoms with Crippen molar-refractivity contribution in [2.45, 2.75) is 40.0 Å². The molecule has 0 aliphatic carbocycles. The molecule has 0 atom stereocenters. The summed E-state index contributed by atoms with van der Waals surface area (Å²) in [5.41, 5.74) is 2.68. The topological polar surface area (TPSA) is 58.2 Å². The molecular formula is C16H24N2O2. The van der Waals surface area contributed by atoms with E-state index in [4.69, 9.17) is 0 Å². The summed E-state index contributed by atoms with van der Waals surface area (Å²) in [4.78, 5) is 23.5. The van der Waals surface area contributed by atoms with E-state index in [1.807, 2.05) is 32.0 Å². The molecule has 110 valence electrons. The fourth-order valence-corrected chi connectivity index (χ4v) is 2.03. The van der Waals surface area contributed by atoms with E-state index < -0.39 is 0 Å². The van der Waals surface area contributed by atoms with Crippen LogP contribution in [0.1, 0.15) is 47.7 Å². The molecule has 0 saturated heterocycles. The van der Waals surface area contributed by atoms with Crippen molar-refractivity contribution in [3.8, 4) is 0 Å². The van der Waals surface area contributed by atoms with Crippen LogP contribution in [0.25, 0.3) is 0 Å². The molecule has 0 bridgehead atoms. The maximum atomic E-state index is 11.9. The summed E-state index contributed by atoms with van der Waals surface area (Å²) in [7, 11) is 0. The number of rotatable bonds is 7. The Morgan fingerprint density at radius 3 is 2.25 bits per heavy atom. The van der Waals surface area contributed by atoms with Crippen molar-refractivity contribution < 1.29 is 9.59 Å². The smallest absolute Gasteiger partial charge is 0.251 e. The zero-order chi connectivity index (χ0) is 15.0. The lowest BCUT2D eigenvalue weighted by Crippen LogP contribution is -2.37. The molecule has 4 heteroatoms. The van der Waals surface area contributed by atoms with Crippen LogP contribution in [-0.4, -0.2) is 24.9 Å². The zero-order valence-corrected chi connectivity index (χ0v) is 12.6. The van der Waals surface area contributed by atoms with Crippen LogP contribution in [0.4, 0.5) is 0 Å². The van der Waals surface area contributed by atoms with E-state index in [2.05, 4.69) is 17.6 Å². The van der Waals surface area contributed by atoms with E-state index in [1.54, 1.807) is 0 Å². The molecule has 0 unspecified atom stereocenters. The van der Waals surface area contributed by atoms with Gasteiger partial charge in [0.05, 0.1) is 6.54 Å². The molecule has 4 nitrogen and oxygen atoms in total. The van der Waals surface area contributed by atoms with E-state index in [9.17, 15) is 9.59 Å². The summed E-state index contributed by atoms with van der Waals surface area (Å²) in [6.07, 6.45) is 3.21. The Kier molecular flexibility index (Phi) is 6.77. The normalized spacial score (nSPS) is 10.2. The molecule has 0 saturated carbocycles. The van der Waals surface area contributed by atoms with Crippen molar-refractivity contribution >= 4 is 11.8 Å². The largest absolute Gasteiger partial charge is 0.355 e. The third kappa shape index (κ3) is 5.87. The quantitative estimate of drug-likeness (QED) is 0.751. The highest BCUT2D eigenvalue weighted by Gasteiger charge is 2.08. The molecule has 20 heavy (non-hydrogen) atoms. The van der Waals surface area contributed by atoms with Crippen molar-refractivity contribution in [3.05, 3.63) is 34.9 Å². The minimum Gasteiger partial charge on any atom is -0.355 e. The van der Waals surface area contributed by atoms with Gasteiger partial charge in [-0.3, -0.25) is 9.59 Å². The number of aryl methyl sites for hydroxylation is 2. The van der Waals surface area contributed by atoms with Crippen molar-refractivity contribution in [1.82, 2.24) is 10.6 Å². The van der Waals surface area contributed by atoms with Crippen molar-refractivity contribution in [3.63, 3.8) is 0 Å². The van der Waals surface area contributed by atoms with Gasteiger partial charge in [0.25, 0.3) is 5.91 Å². The van der Waals surface area contributed by atoms with Crippen LogP contribution in [-0.2, 0) is 4.79 Å². The van der Waals surface area contributed by atoms with Crippen LogP contribution >= 0.6 is 0 Å². The highest BCUT2D eigenvalue weighted by Crippen LogP contribution is 2.08. The Bertz CT molecular complexity index is 449. The number of amides is 2. The van der Waals surface area contributed by atoms with Gasteiger partial charge in [0.15, 0.2) is 0 Å². The predicted molar refractivity (Wildman–Crippen MR) is 80.8 cm³/mol. The SMILES string of the molecule is CCCCCNC(=O)CNC(=O)c1cc(C)cc(C)c1. The first kappa shape index (κ1) is 16.2. The zero-order valence-electron chi connectivity index (χ0n) is 12.6. The Morgan fingerprint density at radius 1 is 1.00 bits per heavy atom. The molecule has 1 rings (SSSR count). The molecular weight excluding hydrogens is 252 g/mol. The second kappa shape index (κ2) is 8.35. The molecule has 0 fully saturated rings. The van der Waals surface area contributed by atoms with Crippen LogP contribution in [0.15, 0.2) is 18.2 Å². The molecule has 0 heterocycles. The Hall–Kier alpha value is -1.84. The lowest BCUT2D eigenvalue weighted by molar-refractivity contribution is -0.120. The number of nitrogens with one attached hydrogen (secondary N) is 2. The van der Waals surface area contributed by atoms with Gasteiger partial charge in [-0.1, -0.05) is 37.0 Å². The number of carbonyl (C=O) groups excluding carboxylic acids is 2. The maximum Gasteiger partial charge on any atom is 0.251 e. The summed E-state index contributed by atoms with van der Waals surface area (Å²) in [5.74, 6) is -0.348. The highest BCUT2D eigenvalue weighted by molar-refractivity contribution is 5.96. The molecule has 1 aromatic rings. The fraction of sp³-hybridized carbons (Fsp3) is 0.500. The van der Waals surface area contributed by atoms with Gasteiger partial charge in [0.2, 0.25) is 5.91 Å². The summed E-state index contributed by atoms with van der Waals surface area (Å²) in [6, 6.07) is 5.65. The maximum absolute atomic E-state index is 11.9. The van der Waals surface area contributed by atoms with Crippen molar-refractivity contribution in [1.29, 1.82) is 0 Å². The van der Waals surface area contributed by atoms with Gasteiger partial charge >= 0.3 is 0 Å². The fourth-order valence-electron chi connectivity index (χ4n) is 2.03. The summed E-state index contributed by atoms with van der Waals surface area (Å²) in [6.45, 7) is 6.71. The number of carbonyl (C=O) groups is 2. The van der Waals surface area contributed by atoms with Gasteiger partial charge < -0.3 is 10.6 Å². The Labute approximate surface area is 121 Å². The first-order valence-electron chi connectivity index (χ1n) is 7.16. The molecule has 0 aliphatic heterocycles. The Morgan fingerprint density at radius 2 is 1.65 bits per heavy atom. The number of unbranched alkanes of at least 4 members (excludes halogenated alkanes) is 2. The first-order valence-corrected chi connectivity index (χ1v) is 7.16. The van der Waals surface area contributed by atoms with Crippen molar-refractivity contribution in [2.24, 2.45) is 0 Å². The summed E-state index contributed by atoms with van der Waals surface area (Å²) < 4.78 is 0. The third-order valence-electron chi connectivity index (χ3n) is 3.00. The van der Waals surface area contributed by atoms with Gasteiger partial charge in [-0.2, -0.15) is 0 Å². The van der Waals surface area contributed by atoms with Gasteiger partial charge in [0, 0.05) is 12.1 Å². The van der Waals surface area contributed by atoms with Crippen LogP contribution in [0.3, 0.4) is 0 Å². The second-order valence-electron chi connectivity index (χ2n) is 5.12. The lowest BCUT2D eigenvalue weighted by atomic mass is 10.1.